The Morgan fingerprint density at radius 3 is 2.61 bits per heavy atom. The standard InChI is InChI=1S/C27H32F3N3O5/c1-15(18-7-6-8-20(24(18)28)27(29,30)26(3,4)34)31-25-19-11-23(38-14-17-13-36-9-10-37-17)22(35-5)12-21(19)32-16(2)33-25/h6-8,11-12,15,17,34H,9-10,13-14H2,1-5H3,(H,31,32,33)/t15-,17?/m1/s1. The number of ether oxygens (including phenoxy) is 4. The second-order valence-corrected chi connectivity index (χ2v) is 9.73. The summed E-state index contributed by atoms with van der Waals surface area (Å²) in [6.45, 7) is 6.91. The van der Waals surface area contributed by atoms with Crippen molar-refractivity contribution in [3.05, 3.63) is 53.1 Å². The second kappa shape index (κ2) is 10.9. The first-order valence-electron chi connectivity index (χ1n) is 12.3. The Kier molecular flexibility index (Phi) is 8.01. The largest absolute Gasteiger partial charge is 0.493 e. The van der Waals surface area contributed by atoms with Crippen LogP contribution in [0.15, 0.2) is 30.3 Å². The highest BCUT2D eigenvalue weighted by molar-refractivity contribution is 5.92. The van der Waals surface area contributed by atoms with Gasteiger partial charge in [-0.05, 0) is 39.8 Å². The van der Waals surface area contributed by atoms with Gasteiger partial charge in [-0.15, -0.1) is 0 Å². The Labute approximate surface area is 219 Å². The molecule has 2 atom stereocenters. The Morgan fingerprint density at radius 2 is 1.95 bits per heavy atom. The van der Waals surface area contributed by atoms with Crippen molar-refractivity contribution in [1.29, 1.82) is 0 Å². The third kappa shape index (κ3) is 5.64. The van der Waals surface area contributed by atoms with E-state index in [1.54, 1.807) is 26.0 Å². The molecule has 2 N–H and O–H groups in total. The van der Waals surface area contributed by atoms with Gasteiger partial charge in [0.15, 0.2) is 11.5 Å². The van der Waals surface area contributed by atoms with Crippen LogP contribution in [-0.2, 0) is 15.4 Å². The summed E-state index contributed by atoms with van der Waals surface area (Å²) in [5.41, 5.74) is -2.78. The molecule has 0 amide bonds. The van der Waals surface area contributed by atoms with Gasteiger partial charge in [0.2, 0.25) is 0 Å². The first kappa shape index (κ1) is 27.9. The van der Waals surface area contributed by atoms with E-state index in [9.17, 15) is 13.9 Å². The van der Waals surface area contributed by atoms with Crippen LogP contribution in [0.5, 0.6) is 11.5 Å². The summed E-state index contributed by atoms with van der Waals surface area (Å²) in [5.74, 6) is -3.22. The Morgan fingerprint density at radius 1 is 1.18 bits per heavy atom. The van der Waals surface area contributed by atoms with Gasteiger partial charge in [-0.1, -0.05) is 12.1 Å². The first-order valence-corrected chi connectivity index (χ1v) is 12.3. The summed E-state index contributed by atoms with van der Waals surface area (Å²) in [4.78, 5) is 8.95. The molecule has 1 unspecified atom stereocenters. The highest BCUT2D eigenvalue weighted by Crippen LogP contribution is 2.42. The number of methoxy groups -OCH3 is 1. The number of nitrogens with one attached hydrogen (secondary N) is 1. The highest BCUT2D eigenvalue weighted by atomic mass is 19.3. The fourth-order valence-electron chi connectivity index (χ4n) is 4.19. The lowest BCUT2D eigenvalue weighted by Gasteiger charge is -2.30. The number of nitrogens with zero attached hydrogens (tertiary/aromatic N) is 2. The van der Waals surface area contributed by atoms with Crippen LogP contribution in [0.1, 0.15) is 43.8 Å². The maximum atomic E-state index is 15.4. The average molecular weight is 536 g/mol. The van der Waals surface area contributed by atoms with Crippen molar-refractivity contribution in [3.8, 4) is 11.5 Å². The number of aryl methyl sites for hydroxylation is 1. The van der Waals surface area contributed by atoms with Crippen molar-refractivity contribution in [3.63, 3.8) is 0 Å². The number of benzene rings is 2. The van der Waals surface area contributed by atoms with Gasteiger partial charge in [0, 0.05) is 17.0 Å². The minimum atomic E-state index is -3.80. The number of hydrogen-bond donors (Lipinski definition) is 2. The second-order valence-electron chi connectivity index (χ2n) is 9.73. The van der Waals surface area contributed by atoms with Crippen molar-refractivity contribution in [2.75, 3.05) is 38.9 Å². The lowest BCUT2D eigenvalue weighted by molar-refractivity contribution is -0.170. The molecule has 1 aliphatic rings. The number of alkyl halides is 2. The van der Waals surface area contributed by atoms with Gasteiger partial charge in [-0.3, -0.25) is 0 Å². The van der Waals surface area contributed by atoms with E-state index in [0.717, 1.165) is 19.9 Å². The molecule has 0 aliphatic carbocycles. The van der Waals surface area contributed by atoms with Crippen molar-refractivity contribution >= 4 is 16.7 Å². The molecule has 1 fully saturated rings. The summed E-state index contributed by atoms with van der Waals surface area (Å²) in [6, 6.07) is 6.38. The molecular formula is C27H32F3N3O5. The molecule has 1 aliphatic heterocycles. The van der Waals surface area contributed by atoms with Gasteiger partial charge < -0.3 is 29.4 Å². The zero-order chi connectivity index (χ0) is 27.7. The van der Waals surface area contributed by atoms with E-state index in [0.29, 0.717) is 53.9 Å². The SMILES string of the molecule is COc1cc2nc(C)nc(N[C@H](C)c3cccc(C(F)(F)C(C)(C)O)c3F)c2cc1OCC1COCCO1. The predicted octanol–water partition coefficient (Wildman–Crippen LogP) is 4.92. The Hall–Kier alpha value is -3.15. The summed E-state index contributed by atoms with van der Waals surface area (Å²) < 4.78 is 67.5. The molecule has 206 valence electrons. The van der Waals surface area contributed by atoms with E-state index in [1.165, 1.54) is 19.2 Å². The van der Waals surface area contributed by atoms with Gasteiger partial charge in [0.25, 0.3) is 0 Å². The minimum absolute atomic E-state index is 0.00438. The third-order valence-electron chi connectivity index (χ3n) is 6.36. The van der Waals surface area contributed by atoms with E-state index >= 15 is 4.39 Å². The van der Waals surface area contributed by atoms with Crippen LogP contribution in [0.3, 0.4) is 0 Å². The van der Waals surface area contributed by atoms with Gasteiger partial charge in [0.1, 0.15) is 35.8 Å². The van der Waals surface area contributed by atoms with Gasteiger partial charge >= 0.3 is 5.92 Å². The minimum Gasteiger partial charge on any atom is -0.493 e. The summed E-state index contributed by atoms with van der Waals surface area (Å²) >= 11 is 0. The fraction of sp³-hybridized carbons (Fsp3) is 0.481. The maximum absolute atomic E-state index is 15.4. The van der Waals surface area contributed by atoms with E-state index in [2.05, 4.69) is 15.3 Å². The molecule has 1 aromatic heterocycles. The van der Waals surface area contributed by atoms with Gasteiger partial charge in [-0.2, -0.15) is 8.78 Å². The number of anilines is 1. The van der Waals surface area contributed by atoms with Crippen LogP contribution >= 0.6 is 0 Å². The number of aliphatic hydroxyl groups is 1. The molecule has 11 heteroatoms. The topological polar surface area (TPSA) is 95.0 Å². The maximum Gasteiger partial charge on any atom is 0.303 e. The van der Waals surface area contributed by atoms with Gasteiger partial charge in [-0.25, -0.2) is 14.4 Å². The molecule has 38 heavy (non-hydrogen) atoms. The summed E-state index contributed by atoms with van der Waals surface area (Å²) in [7, 11) is 1.52. The normalized spacial score (nSPS) is 17.3. The van der Waals surface area contributed by atoms with Crippen molar-refractivity contribution in [1.82, 2.24) is 9.97 Å². The molecule has 8 nitrogen and oxygen atoms in total. The van der Waals surface area contributed by atoms with Crippen molar-refractivity contribution in [2.45, 2.75) is 51.4 Å². The molecule has 0 bridgehead atoms. The summed E-state index contributed by atoms with van der Waals surface area (Å²) in [5, 5.41) is 13.6. The van der Waals surface area contributed by atoms with Crippen LogP contribution in [-0.4, -0.2) is 60.3 Å². The smallest absolute Gasteiger partial charge is 0.303 e. The lowest BCUT2D eigenvalue weighted by Crippen LogP contribution is -2.41. The quantitative estimate of drug-likeness (QED) is 0.399. The molecule has 4 rings (SSSR count). The zero-order valence-electron chi connectivity index (χ0n) is 22.0. The lowest BCUT2D eigenvalue weighted by atomic mass is 9.91. The van der Waals surface area contributed by atoms with Crippen LogP contribution < -0.4 is 14.8 Å². The molecule has 2 heterocycles. The van der Waals surface area contributed by atoms with E-state index in [4.69, 9.17) is 18.9 Å². The number of hydrogen-bond acceptors (Lipinski definition) is 8. The van der Waals surface area contributed by atoms with Crippen LogP contribution in [0.2, 0.25) is 0 Å². The molecule has 2 aromatic carbocycles. The van der Waals surface area contributed by atoms with Crippen LogP contribution in [0.4, 0.5) is 19.0 Å². The number of aromatic nitrogens is 2. The Balaban J connectivity index is 1.67. The fourth-order valence-corrected chi connectivity index (χ4v) is 4.19. The van der Waals surface area contributed by atoms with E-state index in [1.807, 2.05) is 0 Å². The molecule has 1 saturated heterocycles. The number of fused-ring (bicyclic) bond motifs is 1. The average Bonchev–Trinajstić information content (AvgIpc) is 2.86. The molecule has 0 spiro atoms. The Bertz CT molecular complexity index is 1290. The molecule has 0 saturated carbocycles. The first-order chi connectivity index (χ1) is 17.9. The van der Waals surface area contributed by atoms with Gasteiger partial charge in [0.05, 0.1) is 44.1 Å². The summed E-state index contributed by atoms with van der Waals surface area (Å²) in [6.07, 6.45) is -0.228. The third-order valence-corrected chi connectivity index (χ3v) is 6.36. The predicted molar refractivity (Wildman–Crippen MR) is 136 cm³/mol. The monoisotopic (exact) mass is 535 g/mol. The van der Waals surface area contributed by atoms with Crippen molar-refractivity contribution < 1.29 is 37.2 Å². The molecule has 0 radical (unpaired) electrons. The molecule has 3 aromatic rings. The number of rotatable bonds is 9. The van der Waals surface area contributed by atoms with Crippen LogP contribution in [0, 0.1) is 12.7 Å². The highest BCUT2D eigenvalue weighted by Gasteiger charge is 2.49. The van der Waals surface area contributed by atoms with Crippen molar-refractivity contribution in [2.24, 2.45) is 0 Å². The number of halogens is 3. The zero-order valence-corrected chi connectivity index (χ0v) is 22.0. The van der Waals surface area contributed by atoms with E-state index < -0.39 is 28.9 Å². The molecular weight excluding hydrogens is 503 g/mol. The van der Waals surface area contributed by atoms with Crippen LogP contribution in [0.25, 0.3) is 10.9 Å². The van der Waals surface area contributed by atoms with E-state index in [-0.39, 0.29) is 18.3 Å².